The number of benzene rings is 1. The molecule has 2 rings (SSSR count). The third kappa shape index (κ3) is 1.97. The molecule has 0 bridgehead atoms. The lowest BCUT2D eigenvalue weighted by Crippen LogP contribution is -2.45. The first-order chi connectivity index (χ1) is 7.83. The third-order valence-corrected chi connectivity index (χ3v) is 3.52. The van der Waals surface area contributed by atoms with Gasteiger partial charge in [-0.25, -0.2) is 0 Å². The van der Waals surface area contributed by atoms with E-state index in [2.05, 4.69) is 52.8 Å². The lowest BCUT2D eigenvalue weighted by atomic mass is 9.76. The Labute approximate surface area is 104 Å². The van der Waals surface area contributed by atoms with Crippen molar-refractivity contribution in [3.8, 4) is 0 Å². The summed E-state index contributed by atoms with van der Waals surface area (Å²) in [6.45, 7) is 10.5. The Morgan fingerprint density at radius 1 is 1.29 bits per heavy atom. The van der Waals surface area contributed by atoms with Gasteiger partial charge in [-0.05, 0) is 38.0 Å². The van der Waals surface area contributed by atoms with Crippen LogP contribution < -0.4 is 4.90 Å². The number of anilines is 1. The van der Waals surface area contributed by atoms with Gasteiger partial charge in [-0.15, -0.1) is 0 Å². The Balaban J connectivity index is 2.63. The first kappa shape index (κ1) is 12.2. The fraction of sp³-hybridized carbons (Fsp3) is 0.533. The van der Waals surface area contributed by atoms with Gasteiger partial charge >= 0.3 is 0 Å². The van der Waals surface area contributed by atoms with Gasteiger partial charge in [0.05, 0.1) is 0 Å². The monoisotopic (exact) mass is 231 g/mol. The predicted molar refractivity (Wildman–Crippen MR) is 71.4 cm³/mol. The lowest BCUT2D eigenvalue weighted by Gasteiger charge is -2.40. The van der Waals surface area contributed by atoms with Gasteiger partial charge in [0.25, 0.3) is 0 Å². The highest BCUT2D eigenvalue weighted by Gasteiger charge is 2.37. The summed E-state index contributed by atoms with van der Waals surface area (Å²) in [6.07, 6.45) is 0.598. The van der Waals surface area contributed by atoms with Crippen LogP contribution in [0.5, 0.6) is 0 Å². The van der Waals surface area contributed by atoms with Gasteiger partial charge < -0.3 is 4.90 Å². The van der Waals surface area contributed by atoms with E-state index < -0.39 is 0 Å². The SMILES string of the molecule is Cc1ccc2c(c1)N(C(C)C)C(=O)CC2(C)C. The number of amides is 1. The molecule has 0 atom stereocenters. The number of carbonyl (C=O) groups is 1. The van der Waals surface area contributed by atoms with Crippen molar-refractivity contribution in [2.45, 2.75) is 52.5 Å². The molecule has 0 radical (unpaired) electrons. The molecule has 2 heteroatoms. The summed E-state index contributed by atoms with van der Waals surface area (Å²) in [4.78, 5) is 14.2. The molecule has 1 heterocycles. The molecule has 1 amide bonds. The Bertz CT molecular complexity index is 460. The second-order valence-electron chi connectivity index (χ2n) is 5.94. The summed E-state index contributed by atoms with van der Waals surface area (Å²) in [7, 11) is 0. The Hall–Kier alpha value is -1.31. The fourth-order valence-corrected chi connectivity index (χ4v) is 2.67. The molecule has 0 saturated carbocycles. The van der Waals surface area contributed by atoms with Crippen LogP contribution in [0.3, 0.4) is 0 Å². The topological polar surface area (TPSA) is 20.3 Å². The molecule has 0 unspecified atom stereocenters. The molecule has 1 aromatic carbocycles. The second-order valence-corrected chi connectivity index (χ2v) is 5.94. The zero-order chi connectivity index (χ0) is 12.8. The van der Waals surface area contributed by atoms with E-state index in [9.17, 15) is 4.79 Å². The number of hydrogen-bond donors (Lipinski definition) is 0. The molecule has 0 N–H and O–H groups in total. The molecule has 0 spiro atoms. The molecule has 1 aliphatic heterocycles. The summed E-state index contributed by atoms with van der Waals surface area (Å²) in [5.41, 5.74) is 3.54. The van der Waals surface area contributed by atoms with Gasteiger partial charge in [0, 0.05) is 23.6 Å². The molecule has 2 nitrogen and oxygen atoms in total. The highest BCUT2D eigenvalue weighted by atomic mass is 16.2. The number of hydrogen-bond acceptors (Lipinski definition) is 1. The van der Waals surface area contributed by atoms with Gasteiger partial charge in [0.15, 0.2) is 0 Å². The van der Waals surface area contributed by atoms with Crippen molar-refractivity contribution < 1.29 is 4.79 Å². The first-order valence-corrected chi connectivity index (χ1v) is 6.26. The van der Waals surface area contributed by atoms with E-state index in [1.807, 2.05) is 4.90 Å². The number of nitrogens with zero attached hydrogens (tertiary/aromatic N) is 1. The third-order valence-electron chi connectivity index (χ3n) is 3.52. The van der Waals surface area contributed by atoms with E-state index in [0.717, 1.165) is 5.69 Å². The minimum absolute atomic E-state index is 0.0501. The fourth-order valence-electron chi connectivity index (χ4n) is 2.67. The van der Waals surface area contributed by atoms with Crippen molar-refractivity contribution in [3.05, 3.63) is 29.3 Å². The largest absolute Gasteiger partial charge is 0.310 e. The standard InChI is InChI=1S/C15H21NO/c1-10(2)16-13-8-11(3)6-7-12(13)15(4,5)9-14(16)17/h6-8,10H,9H2,1-5H3. The predicted octanol–water partition coefficient (Wildman–Crippen LogP) is 3.42. The maximum Gasteiger partial charge on any atom is 0.228 e. The smallest absolute Gasteiger partial charge is 0.228 e. The summed E-state index contributed by atoms with van der Waals surface area (Å²) >= 11 is 0. The van der Waals surface area contributed by atoms with E-state index in [0.29, 0.717) is 6.42 Å². The van der Waals surface area contributed by atoms with Crippen LogP contribution >= 0.6 is 0 Å². The van der Waals surface area contributed by atoms with Crippen molar-refractivity contribution in [3.63, 3.8) is 0 Å². The van der Waals surface area contributed by atoms with Crippen LogP contribution in [0, 0.1) is 6.92 Å². The molecule has 17 heavy (non-hydrogen) atoms. The van der Waals surface area contributed by atoms with Crippen LogP contribution in [0.2, 0.25) is 0 Å². The van der Waals surface area contributed by atoms with Crippen LogP contribution in [0.15, 0.2) is 18.2 Å². The van der Waals surface area contributed by atoms with E-state index >= 15 is 0 Å². The summed E-state index contributed by atoms with van der Waals surface area (Å²) in [6, 6.07) is 6.66. The Kier molecular flexibility index (Phi) is 2.76. The summed E-state index contributed by atoms with van der Waals surface area (Å²) < 4.78 is 0. The van der Waals surface area contributed by atoms with E-state index in [4.69, 9.17) is 0 Å². The molecular formula is C15H21NO. The van der Waals surface area contributed by atoms with Gasteiger partial charge in [0.2, 0.25) is 5.91 Å². The molecule has 0 aromatic heterocycles. The van der Waals surface area contributed by atoms with Crippen LogP contribution in [-0.4, -0.2) is 11.9 Å². The number of rotatable bonds is 1. The van der Waals surface area contributed by atoms with Gasteiger partial charge in [-0.2, -0.15) is 0 Å². The van der Waals surface area contributed by atoms with Crippen LogP contribution in [0.1, 0.15) is 45.2 Å². The minimum atomic E-state index is -0.0501. The van der Waals surface area contributed by atoms with Crippen LogP contribution in [-0.2, 0) is 10.2 Å². The van der Waals surface area contributed by atoms with E-state index in [-0.39, 0.29) is 17.4 Å². The van der Waals surface area contributed by atoms with E-state index in [1.165, 1.54) is 11.1 Å². The highest BCUT2D eigenvalue weighted by molar-refractivity contribution is 5.98. The van der Waals surface area contributed by atoms with Crippen LogP contribution in [0.4, 0.5) is 5.69 Å². The average Bonchev–Trinajstić information content (AvgIpc) is 2.14. The molecular weight excluding hydrogens is 210 g/mol. The maximum absolute atomic E-state index is 12.3. The molecule has 0 aliphatic carbocycles. The van der Waals surface area contributed by atoms with Gasteiger partial charge in [-0.1, -0.05) is 26.0 Å². The first-order valence-electron chi connectivity index (χ1n) is 6.26. The maximum atomic E-state index is 12.3. The Morgan fingerprint density at radius 3 is 2.53 bits per heavy atom. The normalized spacial score (nSPS) is 18.5. The van der Waals surface area contributed by atoms with E-state index in [1.54, 1.807) is 0 Å². The second kappa shape index (κ2) is 3.86. The minimum Gasteiger partial charge on any atom is -0.310 e. The number of carbonyl (C=O) groups excluding carboxylic acids is 1. The molecule has 92 valence electrons. The van der Waals surface area contributed by atoms with Crippen molar-refractivity contribution in [1.82, 2.24) is 0 Å². The number of fused-ring (bicyclic) bond motifs is 1. The van der Waals surface area contributed by atoms with Crippen molar-refractivity contribution in [2.24, 2.45) is 0 Å². The van der Waals surface area contributed by atoms with Gasteiger partial charge in [0.1, 0.15) is 0 Å². The molecule has 1 aliphatic rings. The number of aryl methyl sites for hydroxylation is 1. The molecule has 1 aromatic rings. The summed E-state index contributed by atoms with van der Waals surface area (Å²) in [5, 5.41) is 0. The lowest BCUT2D eigenvalue weighted by molar-refractivity contribution is -0.120. The quantitative estimate of drug-likeness (QED) is 0.725. The molecule has 0 saturated heterocycles. The average molecular weight is 231 g/mol. The van der Waals surface area contributed by atoms with Crippen LogP contribution in [0.25, 0.3) is 0 Å². The zero-order valence-corrected chi connectivity index (χ0v) is 11.4. The van der Waals surface area contributed by atoms with Gasteiger partial charge in [-0.3, -0.25) is 4.79 Å². The van der Waals surface area contributed by atoms with Crippen molar-refractivity contribution in [1.29, 1.82) is 0 Å². The van der Waals surface area contributed by atoms with Crippen molar-refractivity contribution >= 4 is 11.6 Å². The highest BCUT2D eigenvalue weighted by Crippen LogP contribution is 2.41. The summed E-state index contributed by atoms with van der Waals surface area (Å²) in [5.74, 6) is 0.239. The van der Waals surface area contributed by atoms with Crippen molar-refractivity contribution in [2.75, 3.05) is 4.90 Å². The zero-order valence-electron chi connectivity index (χ0n) is 11.4. The molecule has 0 fully saturated rings. The Morgan fingerprint density at radius 2 is 1.94 bits per heavy atom.